The van der Waals surface area contributed by atoms with Gasteiger partial charge in [-0.25, -0.2) is 0 Å². The number of hydrogen-bond acceptors (Lipinski definition) is 13. The first-order valence-corrected chi connectivity index (χ1v) is 29.8. The van der Waals surface area contributed by atoms with Gasteiger partial charge in [0.15, 0.2) is 12.6 Å². The van der Waals surface area contributed by atoms with E-state index < -0.39 is 86.8 Å². The number of ether oxygens (including phenoxy) is 4. The van der Waals surface area contributed by atoms with Crippen LogP contribution in [0.25, 0.3) is 0 Å². The van der Waals surface area contributed by atoms with Crippen LogP contribution in [0, 0.1) is 0 Å². The molecule has 1 amide bonds. The van der Waals surface area contributed by atoms with Crippen LogP contribution in [0.3, 0.4) is 0 Å². The van der Waals surface area contributed by atoms with Crippen molar-refractivity contribution < 1.29 is 64.6 Å². The monoisotopic (exact) mass is 1020 g/mol. The lowest BCUT2D eigenvalue weighted by Crippen LogP contribution is -2.65. The van der Waals surface area contributed by atoms with Crippen molar-refractivity contribution in [2.75, 3.05) is 19.8 Å². The maximum atomic E-state index is 13.2. The van der Waals surface area contributed by atoms with Crippen molar-refractivity contribution in [3.8, 4) is 0 Å². The smallest absolute Gasteiger partial charge is 0.220 e. The van der Waals surface area contributed by atoms with Crippen LogP contribution in [-0.2, 0) is 23.7 Å². The standard InChI is InChI=1S/C57H111NO13/c1-3-5-7-9-11-13-15-17-18-19-20-21-22-23-24-25-26-27-29-30-32-34-36-38-40-46(61)45(58-49(62)41-39-37-35-33-31-28-16-14-12-10-8-6-4-2)44-68-56-54(67)52(65)55(48(43-60)70-56)71-57-53(66)51(64)50(63)47(42-59)69-57/h45-48,50-57,59-61,63-67H,3-44H2,1-2H3,(H,58,62). The molecule has 0 spiro atoms. The average molecular weight is 1020 g/mol. The number of aliphatic hydroxyl groups is 8. The molecule has 12 atom stereocenters. The molecule has 0 radical (unpaired) electrons. The molecule has 14 nitrogen and oxygen atoms in total. The van der Waals surface area contributed by atoms with Crippen LogP contribution in [0.1, 0.15) is 264 Å². The van der Waals surface area contributed by atoms with Gasteiger partial charge in [0.2, 0.25) is 5.91 Å². The Balaban J connectivity index is 1.72. The fourth-order valence-electron chi connectivity index (χ4n) is 10.2. The SMILES string of the molecule is CCCCCCCCCCCCCCCCCCCCCCCCCCC(O)C(COC1OC(CO)C(OC2OC(CO)C(O)C(O)C2O)C(O)C1O)NC(=O)CCCCCCCCCCCCCCC. The van der Waals surface area contributed by atoms with Crippen LogP contribution in [0.5, 0.6) is 0 Å². The Morgan fingerprint density at radius 3 is 1.20 bits per heavy atom. The first-order chi connectivity index (χ1) is 34.6. The van der Waals surface area contributed by atoms with Crippen LogP contribution in [0.4, 0.5) is 0 Å². The fraction of sp³-hybridized carbons (Fsp3) is 0.982. The molecule has 2 heterocycles. The molecule has 2 saturated heterocycles. The van der Waals surface area contributed by atoms with Gasteiger partial charge in [0, 0.05) is 6.42 Å². The molecular formula is C57H111NO13. The highest BCUT2D eigenvalue weighted by atomic mass is 16.7. The Morgan fingerprint density at radius 1 is 0.451 bits per heavy atom. The van der Waals surface area contributed by atoms with E-state index in [9.17, 15) is 45.6 Å². The van der Waals surface area contributed by atoms with E-state index in [1.54, 1.807) is 0 Å². The van der Waals surface area contributed by atoms with E-state index in [0.717, 1.165) is 51.4 Å². The van der Waals surface area contributed by atoms with Crippen molar-refractivity contribution in [1.82, 2.24) is 5.32 Å². The number of carbonyl (C=O) groups excluding carboxylic acids is 1. The van der Waals surface area contributed by atoms with Crippen molar-refractivity contribution in [2.24, 2.45) is 0 Å². The maximum absolute atomic E-state index is 13.2. The van der Waals surface area contributed by atoms with Crippen molar-refractivity contribution in [3.63, 3.8) is 0 Å². The minimum atomic E-state index is -1.78. The fourth-order valence-corrected chi connectivity index (χ4v) is 10.2. The lowest BCUT2D eigenvalue weighted by atomic mass is 9.97. The van der Waals surface area contributed by atoms with E-state index in [0.29, 0.717) is 12.8 Å². The van der Waals surface area contributed by atoms with E-state index in [4.69, 9.17) is 18.9 Å². The van der Waals surface area contributed by atoms with Crippen molar-refractivity contribution >= 4 is 5.91 Å². The predicted octanol–water partition coefficient (Wildman–Crippen LogP) is 9.73. The number of carbonyl (C=O) groups is 1. The van der Waals surface area contributed by atoms with Gasteiger partial charge in [-0.05, 0) is 12.8 Å². The number of unbranched alkanes of at least 4 members (excludes halogenated alkanes) is 35. The second kappa shape index (κ2) is 44.2. The van der Waals surface area contributed by atoms with Crippen LogP contribution in [0.15, 0.2) is 0 Å². The van der Waals surface area contributed by atoms with Crippen molar-refractivity contribution in [3.05, 3.63) is 0 Å². The molecule has 2 fully saturated rings. The molecule has 0 bridgehead atoms. The number of rotatable bonds is 48. The number of nitrogens with one attached hydrogen (secondary N) is 1. The Hall–Kier alpha value is -1.01. The molecule has 0 aromatic carbocycles. The molecule has 0 aromatic rings. The Labute approximate surface area is 432 Å². The highest BCUT2D eigenvalue weighted by molar-refractivity contribution is 5.76. The van der Waals surface area contributed by atoms with Crippen LogP contribution in [0.2, 0.25) is 0 Å². The molecule has 9 N–H and O–H groups in total. The van der Waals surface area contributed by atoms with Gasteiger partial charge in [0.25, 0.3) is 0 Å². The topological polar surface area (TPSA) is 228 Å². The third-order valence-electron chi connectivity index (χ3n) is 15.1. The second-order valence-corrected chi connectivity index (χ2v) is 21.5. The highest BCUT2D eigenvalue weighted by Crippen LogP contribution is 2.30. The van der Waals surface area contributed by atoms with Crippen LogP contribution < -0.4 is 5.32 Å². The summed E-state index contributed by atoms with van der Waals surface area (Å²) in [7, 11) is 0. The van der Waals surface area contributed by atoms with Gasteiger partial charge in [0.05, 0.1) is 32.0 Å². The van der Waals surface area contributed by atoms with E-state index in [-0.39, 0.29) is 12.5 Å². The summed E-state index contributed by atoms with van der Waals surface area (Å²) < 4.78 is 22.8. The number of hydrogen-bond donors (Lipinski definition) is 9. The lowest BCUT2D eigenvalue weighted by molar-refractivity contribution is -0.359. The molecule has 0 aromatic heterocycles. The Bertz CT molecular complexity index is 1200. The number of aliphatic hydroxyl groups excluding tert-OH is 8. The zero-order chi connectivity index (χ0) is 51.7. The molecule has 2 aliphatic rings. The molecule has 2 aliphatic heterocycles. The van der Waals surface area contributed by atoms with E-state index in [1.807, 2.05) is 0 Å². The van der Waals surface area contributed by atoms with Gasteiger partial charge >= 0.3 is 0 Å². The summed E-state index contributed by atoms with van der Waals surface area (Å²) in [4.78, 5) is 13.2. The summed E-state index contributed by atoms with van der Waals surface area (Å²) in [6, 6.07) is -0.822. The predicted molar refractivity (Wildman–Crippen MR) is 282 cm³/mol. The minimum absolute atomic E-state index is 0.202. The molecule has 0 aliphatic carbocycles. The lowest BCUT2D eigenvalue weighted by Gasteiger charge is -2.46. The van der Waals surface area contributed by atoms with Gasteiger partial charge in [-0.1, -0.05) is 245 Å². The van der Waals surface area contributed by atoms with E-state index >= 15 is 0 Å². The van der Waals surface area contributed by atoms with Crippen LogP contribution in [-0.4, -0.2) is 140 Å². The third kappa shape index (κ3) is 30.4. The average Bonchev–Trinajstić information content (AvgIpc) is 3.37. The second-order valence-electron chi connectivity index (χ2n) is 21.5. The van der Waals surface area contributed by atoms with E-state index in [2.05, 4.69) is 19.2 Å². The van der Waals surface area contributed by atoms with Gasteiger partial charge in [-0.2, -0.15) is 0 Å². The quantitative estimate of drug-likeness (QED) is 0.0259. The summed E-state index contributed by atoms with van der Waals surface area (Å²) >= 11 is 0. The summed E-state index contributed by atoms with van der Waals surface area (Å²) in [5, 5.41) is 87.2. The minimum Gasteiger partial charge on any atom is -0.394 e. The molecule has 12 unspecified atom stereocenters. The summed E-state index contributed by atoms with van der Waals surface area (Å²) in [5.41, 5.74) is 0. The molecule has 14 heteroatoms. The van der Waals surface area contributed by atoms with Gasteiger partial charge in [-0.15, -0.1) is 0 Å². The first-order valence-electron chi connectivity index (χ1n) is 29.8. The van der Waals surface area contributed by atoms with Gasteiger partial charge in [0.1, 0.15) is 48.8 Å². The largest absolute Gasteiger partial charge is 0.394 e. The van der Waals surface area contributed by atoms with Crippen molar-refractivity contribution in [2.45, 2.75) is 338 Å². The van der Waals surface area contributed by atoms with Gasteiger partial charge in [-0.3, -0.25) is 4.79 Å². The maximum Gasteiger partial charge on any atom is 0.220 e. The Kier molecular flexibility index (Phi) is 41.1. The summed E-state index contributed by atoms with van der Waals surface area (Å²) in [5.74, 6) is -0.202. The molecular weight excluding hydrogens is 907 g/mol. The molecule has 0 saturated carbocycles. The summed E-state index contributed by atoms with van der Waals surface area (Å²) in [6.07, 6.45) is 31.1. The van der Waals surface area contributed by atoms with Crippen molar-refractivity contribution in [1.29, 1.82) is 0 Å². The van der Waals surface area contributed by atoms with Gasteiger partial charge < -0.3 is 65.1 Å². The zero-order valence-electron chi connectivity index (χ0n) is 45.2. The van der Waals surface area contributed by atoms with Crippen LogP contribution >= 0.6 is 0 Å². The van der Waals surface area contributed by atoms with E-state index in [1.165, 1.54) is 186 Å². The normalized spacial score (nSPS) is 25.7. The first kappa shape index (κ1) is 66.1. The highest BCUT2D eigenvalue weighted by Gasteiger charge is 2.51. The third-order valence-corrected chi connectivity index (χ3v) is 15.1. The zero-order valence-corrected chi connectivity index (χ0v) is 45.2. The molecule has 71 heavy (non-hydrogen) atoms. The Morgan fingerprint density at radius 2 is 0.803 bits per heavy atom. The number of amides is 1. The molecule has 422 valence electrons. The summed E-state index contributed by atoms with van der Waals surface area (Å²) in [6.45, 7) is 2.89. The molecule has 2 rings (SSSR count).